The number of unbranched alkanes of at least 4 members (excludes halogenated alkanes) is 1. The maximum Gasteiger partial charge on any atom is 0.328 e. The first-order valence-corrected chi connectivity index (χ1v) is 9.84. The van der Waals surface area contributed by atoms with Gasteiger partial charge in [0.15, 0.2) is 0 Å². The zero-order valence-corrected chi connectivity index (χ0v) is 15.5. The second-order valence-corrected chi connectivity index (χ2v) is 7.27. The molecule has 136 valence electrons. The Kier molecular flexibility index (Phi) is 8.51. The van der Waals surface area contributed by atoms with E-state index in [1.54, 1.807) is 6.08 Å². The maximum atomic E-state index is 10.3. The molecule has 2 heteroatoms. The van der Waals surface area contributed by atoms with Gasteiger partial charge < -0.3 is 5.11 Å². The standard InChI is InChI=1S/C23H32O2/c1-2-8-19-11-15-21(16-12-19)22-17-13-20(14-18-22)9-6-4-3-5-7-10-23(24)25/h3,5,7,10,13-14,17-19,21H,2,4,6,8-9,11-12,15-16H2,1H3,(H,24,25)/b5-3+,10-7+. The zero-order valence-electron chi connectivity index (χ0n) is 15.5. The van der Waals surface area contributed by atoms with Crippen LogP contribution in [-0.4, -0.2) is 11.1 Å². The SMILES string of the molecule is CCCC1CCC(c2ccc(CCC/C=C/C=C/C(=O)O)cc2)CC1. The van der Waals surface area contributed by atoms with Gasteiger partial charge in [-0.25, -0.2) is 4.79 Å². The number of allylic oxidation sites excluding steroid dienone is 3. The number of rotatable bonds is 9. The molecule has 1 fully saturated rings. The Bertz CT molecular complexity index is 560. The third kappa shape index (κ3) is 7.29. The van der Waals surface area contributed by atoms with Crippen molar-refractivity contribution in [2.24, 2.45) is 5.92 Å². The fourth-order valence-corrected chi connectivity index (χ4v) is 3.89. The molecular formula is C23H32O2. The van der Waals surface area contributed by atoms with Crippen LogP contribution < -0.4 is 0 Å². The van der Waals surface area contributed by atoms with E-state index < -0.39 is 5.97 Å². The van der Waals surface area contributed by atoms with Crippen LogP contribution in [0.2, 0.25) is 0 Å². The van der Waals surface area contributed by atoms with Gasteiger partial charge in [-0.1, -0.05) is 62.3 Å². The van der Waals surface area contributed by atoms with Crippen molar-refractivity contribution in [1.29, 1.82) is 0 Å². The molecule has 0 radical (unpaired) electrons. The number of benzene rings is 1. The monoisotopic (exact) mass is 340 g/mol. The molecule has 2 rings (SSSR count). The summed E-state index contributed by atoms with van der Waals surface area (Å²) in [5, 5.41) is 8.50. The summed E-state index contributed by atoms with van der Waals surface area (Å²) < 4.78 is 0. The van der Waals surface area contributed by atoms with Crippen molar-refractivity contribution in [2.75, 3.05) is 0 Å². The Morgan fingerprint density at radius 3 is 2.48 bits per heavy atom. The third-order valence-corrected chi connectivity index (χ3v) is 5.32. The Hall–Kier alpha value is -1.83. The molecule has 0 heterocycles. The number of hydrogen-bond acceptors (Lipinski definition) is 1. The molecule has 0 aromatic heterocycles. The number of aryl methyl sites for hydroxylation is 1. The van der Waals surface area contributed by atoms with E-state index in [9.17, 15) is 4.79 Å². The van der Waals surface area contributed by atoms with Crippen molar-refractivity contribution in [3.63, 3.8) is 0 Å². The second kappa shape index (κ2) is 10.9. The first-order chi connectivity index (χ1) is 12.2. The van der Waals surface area contributed by atoms with Crippen LogP contribution in [0.1, 0.15) is 75.3 Å². The quantitative estimate of drug-likeness (QED) is 0.326. The van der Waals surface area contributed by atoms with Crippen molar-refractivity contribution in [2.45, 2.75) is 70.6 Å². The number of carbonyl (C=O) groups is 1. The van der Waals surface area contributed by atoms with Gasteiger partial charge >= 0.3 is 5.97 Å². The smallest absolute Gasteiger partial charge is 0.328 e. The largest absolute Gasteiger partial charge is 0.478 e. The molecule has 1 saturated carbocycles. The molecule has 1 aromatic carbocycles. The molecule has 0 unspecified atom stereocenters. The molecule has 25 heavy (non-hydrogen) atoms. The van der Waals surface area contributed by atoms with Crippen molar-refractivity contribution in [3.8, 4) is 0 Å². The fourth-order valence-electron chi connectivity index (χ4n) is 3.89. The van der Waals surface area contributed by atoms with Gasteiger partial charge in [0.25, 0.3) is 0 Å². The summed E-state index contributed by atoms with van der Waals surface area (Å²) in [7, 11) is 0. The van der Waals surface area contributed by atoms with E-state index in [0.717, 1.165) is 37.2 Å². The van der Waals surface area contributed by atoms with Crippen LogP contribution >= 0.6 is 0 Å². The van der Waals surface area contributed by atoms with Crippen molar-refractivity contribution < 1.29 is 9.90 Å². The predicted octanol–water partition coefficient (Wildman–Crippen LogP) is 6.28. The predicted molar refractivity (Wildman–Crippen MR) is 105 cm³/mol. The van der Waals surface area contributed by atoms with Gasteiger partial charge in [-0.2, -0.15) is 0 Å². The molecule has 0 spiro atoms. The average Bonchev–Trinajstić information content (AvgIpc) is 2.62. The summed E-state index contributed by atoms with van der Waals surface area (Å²) in [5.41, 5.74) is 2.93. The van der Waals surface area contributed by atoms with Crippen LogP contribution in [0.5, 0.6) is 0 Å². The molecule has 0 amide bonds. The summed E-state index contributed by atoms with van der Waals surface area (Å²) in [4.78, 5) is 10.3. The van der Waals surface area contributed by atoms with Gasteiger partial charge in [0.1, 0.15) is 0 Å². The van der Waals surface area contributed by atoms with E-state index in [1.807, 2.05) is 12.2 Å². The van der Waals surface area contributed by atoms with Crippen LogP contribution in [0.25, 0.3) is 0 Å². The lowest BCUT2D eigenvalue weighted by Crippen LogP contribution is -2.13. The molecule has 2 nitrogen and oxygen atoms in total. The highest BCUT2D eigenvalue weighted by Gasteiger charge is 2.21. The molecular weight excluding hydrogens is 308 g/mol. The van der Waals surface area contributed by atoms with Gasteiger partial charge in [0, 0.05) is 6.08 Å². The first kappa shape index (κ1) is 19.5. The molecule has 1 aliphatic rings. The highest BCUT2D eigenvalue weighted by Crippen LogP contribution is 2.37. The lowest BCUT2D eigenvalue weighted by molar-refractivity contribution is -0.131. The highest BCUT2D eigenvalue weighted by molar-refractivity contribution is 5.80. The van der Waals surface area contributed by atoms with Gasteiger partial charge in [0.2, 0.25) is 0 Å². The number of carboxylic acids is 1. The minimum atomic E-state index is -0.899. The maximum absolute atomic E-state index is 10.3. The molecule has 0 saturated heterocycles. The number of carboxylic acid groups (broad SMARTS) is 1. The summed E-state index contributed by atoms with van der Waals surface area (Å²) in [6, 6.07) is 9.26. The summed E-state index contributed by atoms with van der Waals surface area (Å²) >= 11 is 0. The van der Waals surface area contributed by atoms with Gasteiger partial charge in [-0.15, -0.1) is 0 Å². The van der Waals surface area contributed by atoms with Gasteiger partial charge in [0.05, 0.1) is 0 Å². The van der Waals surface area contributed by atoms with Crippen LogP contribution in [0.4, 0.5) is 0 Å². The van der Waals surface area contributed by atoms with Gasteiger partial charge in [-0.3, -0.25) is 0 Å². The van der Waals surface area contributed by atoms with E-state index in [4.69, 9.17) is 5.11 Å². The van der Waals surface area contributed by atoms with Gasteiger partial charge in [-0.05, 0) is 67.9 Å². The topological polar surface area (TPSA) is 37.3 Å². The Labute approximate surface area is 152 Å². The Balaban J connectivity index is 1.70. The molecule has 0 atom stereocenters. The van der Waals surface area contributed by atoms with E-state index in [2.05, 4.69) is 31.2 Å². The highest BCUT2D eigenvalue weighted by atomic mass is 16.4. The Morgan fingerprint density at radius 2 is 1.84 bits per heavy atom. The van der Waals surface area contributed by atoms with Crippen molar-refractivity contribution in [1.82, 2.24) is 0 Å². The van der Waals surface area contributed by atoms with E-state index in [1.165, 1.54) is 49.7 Å². The minimum Gasteiger partial charge on any atom is -0.478 e. The van der Waals surface area contributed by atoms with Crippen LogP contribution in [0.3, 0.4) is 0 Å². The molecule has 1 aliphatic carbocycles. The van der Waals surface area contributed by atoms with Crippen molar-refractivity contribution in [3.05, 3.63) is 59.7 Å². The zero-order chi connectivity index (χ0) is 17.9. The lowest BCUT2D eigenvalue weighted by atomic mass is 9.77. The van der Waals surface area contributed by atoms with E-state index >= 15 is 0 Å². The fraction of sp³-hybridized carbons (Fsp3) is 0.522. The third-order valence-electron chi connectivity index (χ3n) is 5.32. The van der Waals surface area contributed by atoms with Crippen LogP contribution in [0.15, 0.2) is 48.6 Å². The summed E-state index contributed by atoms with van der Waals surface area (Å²) in [5.74, 6) is 0.841. The molecule has 1 aromatic rings. The van der Waals surface area contributed by atoms with E-state index in [-0.39, 0.29) is 0 Å². The van der Waals surface area contributed by atoms with Crippen molar-refractivity contribution >= 4 is 5.97 Å². The average molecular weight is 341 g/mol. The van der Waals surface area contributed by atoms with Crippen LogP contribution in [0, 0.1) is 5.92 Å². The number of aliphatic carboxylic acids is 1. The summed E-state index contributed by atoms with van der Waals surface area (Å²) in [6.07, 6.45) is 18.0. The molecule has 1 N–H and O–H groups in total. The second-order valence-electron chi connectivity index (χ2n) is 7.27. The molecule has 0 aliphatic heterocycles. The lowest BCUT2D eigenvalue weighted by Gasteiger charge is -2.28. The minimum absolute atomic E-state index is 0.770. The number of hydrogen-bond donors (Lipinski definition) is 1. The molecule has 0 bridgehead atoms. The van der Waals surface area contributed by atoms with E-state index in [0.29, 0.717) is 0 Å². The van der Waals surface area contributed by atoms with Crippen LogP contribution in [-0.2, 0) is 11.2 Å². The first-order valence-electron chi connectivity index (χ1n) is 9.84. The Morgan fingerprint density at radius 1 is 1.12 bits per heavy atom. The summed E-state index contributed by atoms with van der Waals surface area (Å²) in [6.45, 7) is 2.30. The normalized spacial score (nSPS) is 21.2.